The highest BCUT2D eigenvalue weighted by Gasteiger charge is 2.11. The van der Waals surface area contributed by atoms with Gasteiger partial charge in [0.05, 0.1) is 28.0 Å². The van der Waals surface area contributed by atoms with Crippen LogP contribution >= 0.6 is 38.5 Å². The summed E-state index contributed by atoms with van der Waals surface area (Å²) < 4.78 is 12.9. The smallest absolute Gasteiger partial charge is 0.156 e. The molecule has 0 saturated carbocycles. The van der Waals surface area contributed by atoms with E-state index in [1.807, 2.05) is 18.2 Å². The monoisotopic (exact) mass is 458 g/mol. The van der Waals surface area contributed by atoms with Crippen molar-refractivity contribution in [2.45, 2.75) is 6.61 Å². The largest absolute Gasteiger partial charge is 0.496 e. The van der Waals surface area contributed by atoms with Gasteiger partial charge in [0.2, 0.25) is 0 Å². The molecule has 0 bridgehead atoms. The molecular formula is C15H12BrIN2O2. The lowest BCUT2D eigenvalue weighted by Gasteiger charge is -2.13. The van der Waals surface area contributed by atoms with Crippen molar-refractivity contribution in [3.05, 3.63) is 49.5 Å². The van der Waals surface area contributed by atoms with E-state index < -0.39 is 0 Å². The Kier molecular flexibility index (Phi) is 5.31. The number of ether oxygens (including phenoxy) is 2. The highest BCUT2D eigenvalue weighted by atomic mass is 127. The lowest BCUT2D eigenvalue weighted by molar-refractivity contribution is 0.296. The number of benzene rings is 2. The quantitative estimate of drug-likeness (QED) is 0.553. The van der Waals surface area contributed by atoms with Gasteiger partial charge in [-0.2, -0.15) is 5.26 Å². The van der Waals surface area contributed by atoms with Crippen LogP contribution in [0.5, 0.6) is 11.5 Å². The molecule has 0 aliphatic carbocycles. The van der Waals surface area contributed by atoms with E-state index >= 15 is 0 Å². The summed E-state index contributed by atoms with van der Waals surface area (Å²) >= 11 is 5.53. The molecule has 0 radical (unpaired) electrons. The van der Waals surface area contributed by atoms with Gasteiger partial charge in [0.25, 0.3) is 0 Å². The standard InChI is InChI=1S/C15H12BrIN2O2/c1-20-14-3-2-11(16)6-10(14)8-21-15-12(17)4-9(7-18)5-13(15)19/h2-6H,8,19H2,1H3. The van der Waals surface area contributed by atoms with Crippen LogP contribution in [0.1, 0.15) is 11.1 Å². The third-order valence-electron chi connectivity index (χ3n) is 2.82. The maximum absolute atomic E-state index is 8.91. The van der Waals surface area contributed by atoms with E-state index in [1.165, 1.54) is 0 Å². The molecule has 0 amide bonds. The molecule has 6 heteroatoms. The number of nitrogen functional groups attached to an aromatic ring is 1. The summed E-state index contributed by atoms with van der Waals surface area (Å²) in [5.41, 5.74) is 7.82. The summed E-state index contributed by atoms with van der Waals surface area (Å²) in [6.45, 7) is 0.328. The van der Waals surface area contributed by atoms with Crippen LogP contribution in [0, 0.1) is 14.9 Å². The molecule has 0 heterocycles. The summed E-state index contributed by atoms with van der Waals surface area (Å²) in [5, 5.41) is 8.91. The molecule has 0 atom stereocenters. The zero-order valence-corrected chi connectivity index (χ0v) is 14.9. The van der Waals surface area contributed by atoms with Crippen LogP contribution < -0.4 is 15.2 Å². The molecule has 0 spiro atoms. The number of methoxy groups -OCH3 is 1. The lowest BCUT2D eigenvalue weighted by Crippen LogP contribution is -2.03. The topological polar surface area (TPSA) is 68.3 Å². The second-order valence-corrected chi connectivity index (χ2v) is 6.31. The van der Waals surface area contributed by atoms with Gasteiger partial charge < -0.3 is 15.2 Å². The fraction of sp³-hybridized carbons (Fsp3) is 0.133. The first-order chi connectivity index (χ1) is 10.0. The molecule has 0 aliphatic heterocycles. The van der Waals surface area contributed by atoms with Crippen molar-refractivity contribution in [3.63, 3.8) is 0 Å². The van der Waals surface area contributed by atoms with Gasteiger partial charge in [-0.25, -0.2) is 0 Å². The first-order valence-electron chi connectivity index (χ1n) is 5.99. The van der Waals surface area contributed by atoms with Crippen molar-refractivity contribution in [1.29, 1.82) is 5.26 Å². The summed E-state index contributed by atoms with van der Waals surface area (Å²) in [5.74, 6) is 1.33. The zero-order chi connectivity index (χ0) is 15.4. The van der Waals surface area contributed by atoms with E-state index in [0.717, 1.165) is 19.4 Å². The molecule has 2 aromatic rings. The predicted octanol–water partition coefficient (Wildman–Crippen LogP) is 4.10. The van der Waals surface area contributed by atoms with Gasteiger partial charge in [0.1, 0.15) is 12.4 Å². The van der Waals surface area contributed by atoms with Crippen LogP contribution in [0.2, 0.25) is 0 Å². The van der Waals surface area contributed by atoms with Gasteiger partial charge in [-0.15, -0.1) is 0 Å². The molecule has 21 heavy (non-hydrogen) atoms. The van der Waals surface area contributed by atoms with Gasteiger partial charge in [-0.1, -0.05) is 15.9 Å². The number of nitriles is 1. The van der Waals surface area contributed by atoms with Crippen LogP contribution in [-0.4, -0.2) is 7.11 Å². The third-order valence-corrected chi connectivity index (χ3v) is 4.11. The average molecular weight is 459 g/mol. The molecule has 0 unspecified atom stereocenters. The summed E-state index contributed by atoms with van der Waals surface area (Å²) in [7, 11) is 1.62. The fourth-order valence-electron chi connectivity index (χ4n) is 1.84. The Hall–Kier alpha value is -1.46. The number of hydrogen-bond acceptors (Lipinski definition) is 4. The van der Waals surface area contributed by atoms with Crippen molar-refractivity contribution >= 4 is 44.2 Å². The maximum Gasteiger partial charge on any atom is 0.156 e. The van der Waals surface area contributed by atoms with Gasteiger partial charge in [-0.3, -0.25) is 0 Å². The third kappa shape index (κ3) is 3.80. The molecule has 2 N–H and O–H groups in total. The first kappa shape index (κ1) is 15.9. The van der Waals surface area contributed by atoms with Crippen LogP contribution in [0.25, 0.3) is 0 Å². The van der Waals surface area contributed by atoms with E-state index in [2.05, 4.69) is 44.6 Å². The average Bonchev–Trinajstić information content (AvgIpc) is 2.46. The number of hydrogen-bond donors (Lipinski definition) is 1. The predicted molar refractivity (Wildman–Crippen MR) is 93.3 cm³/mol. The molecule has 4 nitrogen and oxygen atoms in total. The second-order valence-electron chi connectivity index (χ2n) is 4.23. The van der Waals surface area contributed by atoms with E-state index in [9.17, 15) is 0 Å². The molecule has 2 aromatic carbocycles. The number of halogens is 2. The van der Waals surface area contributed by atoms with Gasteiger partial charge in [0, 0.05) is 10.0 Å². The molecular weight excluding hydrogens is 447 g/mol. The first-order valence-corrected chi connectivity index (χ1v) is 7.86. The molecule has 0 aliphatic rings. The Morgan fingerprint density at radius 1 is 1.33 bits per heavy atom. The van der Waals surface area contributed by atoms with Crippen molar-refractivity contribution < 1.29 is 9.47 Å². The van der Waals surface area contributed by atoms with Crippen LogP contribution in [-0.2, 0) is 6.61 Å². The van der Waals surface area contributed by atoms with Crippen LogP contribution in [0.15, 0.2) is 34.8 Å². The van der Waals surface area contributed by atoms with Crippen molar-refractivity contribution in [2.75, 3.05) is 12.8 Å². The minimum atomic E-state index is 0.328. The highest BCUT2D eigenvalue weighted by Crippen LogP contribution is 2.31. The van der Waals surface area contributed by atoms with Crippen molar-refractivity contribution in [1.82, 2.24) is 0 Å². The number of nitrogens with zero attached hydrogens (tertiary/aromatic N) is 1. The van der Waals surface area contributed by atoms with Gasteiger partial charge >= 0.3 is 0 Å². The maximum atomic E-state index is 8.91. The molecule has 0 fully saturated rings. The van der Waals surface area contributed by atoms with E-state index in [0.29, 0.717) is 23.6 Å². The van der Waals surface area contributed by atoms with Gasteiger partial charge in [-0.05, 0) is 52.9 Å². The summed E-state index contributed by atoms with van der Waals surface area (Å²) in [6, 6.07) is 11.1. The van der Waals surface area contributed by atoms with Crippen molar-refractivity contribution in [2.24, 2.45) is 0 Å². The fourth-order valence-corrected chi connectivity index (χ4v) is 3.05. The number of nitrogens with two attached hydrogens (primary N) is 1. The normalized spacial score (nSPS) is 10.0. The number of anilines is 1. The van der Waals surface area contributed by atoms with E-state index in [4.69, 9.17) is 20.5 Å². The number of rotatable bonds is 4. The Bertz CT molecular complexity index is 690. The molecule has 2 rings (SSSR count). The Labute approximate surface area is 145 Å². The molecule has 108 valence electrons. The SMILES string of the molecule is COc1ccc(Br)cc1COc1c(N)cc(C#N)cc1I. The Balaban J connectivity index is 2.25. The Morgan fingerprint density at radius 3 is 2.71 bits per heavy atom. The van der Waals surface area contributed by atoms with Crippen LogP contribution in [0.3, 0.4) is 0 Å². The minimum Gasteiger partial charge on any atom is -0.496 e. The lowest BCUT2D eigenvalue weighted by atomic mass is 10.2. The van der Waals surface area contributed by atoms with Gasteiger partial charge in [0.15, 0.2) is 5.75 Å². The van der Waals surface area contributed by atoms with E-state index in [1.54, 1.807) is 19.2 Å². The molecule has 0 saturated heterocycles. The highest BCUT2D eigenvalue weighted by molar-refractivity contribution is 14.1. The Morgan fingerprint density at radius 2 is 2.10 bits per heavy atom. The van der Waals surface area contributed by atoms with Crippen LogP contribution in [0.4, 0.5) is 5.69 Å². The minimum absolute atomic E-state index is 0.328. The van der Waals surface area contributed by atoms with Crippen molar-refractivity contribution in [3.8, 4) is 17.6 Å². The molecule has 0 aromatic heterocycles. The zero-order valence-electron chi connectivity index (χ0n) is 11.2. The summed E-state index contributed by atoms with van der Waals surface area (Å²) in [6.07, 6.45) is 0. The summed E-state index contributed by atoms with van der Waals surface area (Å²) in [4.78, 5) is 0. The van der Waals surface area contributed by atoms with E-state index in [-0.39, 0.29) is 0 Å². The second kappa shape index (κ2) is 7.00.